The molecule has 0 saturated carbocycles. The molecule has 0 saturated heterocycles. The van der Waals surface area contributed by atoms with E-state index in [9.17, 15) is 14.4 Å². The Hall–Kier alpha value is -2.17. The van der Waals surface area contributed by atoms with E-state index in [1.807, 2.05) is 0 Å². The summed E-state index contributed by atoms with van der Waals surface area (Å²) in [6, 6.07) is 5.96. The van der Waals surface area contributed by atoms with Gasteiger partial charge in [-0.05, 0) is 18.6 Å². The number of benzene rings is 1. The molecule has 1 heterocycles. The van der Waals surface area contributed by atoms with Crippen LogP contribution in [0.15, 0.2) is 24.3 Å². The number of carboxylic acid groups (broad SMARTS) is 1. The van der Waals surface area contributed by atoms with Crippen molar-refractivity contribution >= 4 is 17.8 Å². The highest BCUT2D eigenvalue weighted by atomic mass is 16.4. The average Bonchev–Trinajstić information content (AvgIpc) is 2.60. The number of fused-ring (bicyclic) bond motifs is 1. The number of amides is 2. The smallest absolute Gasteiger partial charge is 0.305 e. The molecular weight excluding hydrogens is 234 g/mol. The molecule has 0 fully saturated rings. The molecule has 0 radical (unpaired) electrons. The standard InChI is InChI=1S/C13H13NO4/c1-2-8(7-11(15)16)14-12(17)9-5-3-4-6-10(9)13(14)18/h3-6,8H,2,7H2,1H3,(H,15,16). The Bertz CT molecular complexity index is 488. The third-order valence-electron chi connectivity index (χ3n) is 3.07. The molecule has 1 aromatic rings. The predicted octanol–water partition coefficient (Wildman–Crippen LogP) is 1.54. The maximum atomic E-state index is 12.1. The molecule has 0 bridgehead atoms. The Balaban J connectivity index is 2.35. The van der Waals surface area contributed by atoms with Gasteiger partial charge in [-0.3, -0.25) is 19.3 Å². The van der Waals surface area contributed by atoms with Gasteiger partial charge in [0.05, 0.1) is 23.6 Å². The summed E-state index contributed by atoms with van der Waals surface area (Å²) in [5, 5.41) is 8.82. The van der Waals surface area contributed by atoms with Gasteiger partial charge >= 0.3 is 5.97 Å². The number of nitrogens with zero attached hydrogens (tertiary/aromatic N) is 1. The second kappa shape index (κ2) is 4.60. The van der Waals surface area contributed by atoms with Crippen LogP contribution in [0, 0.1) is 0 Å². The fraction of sp³-hybridized carbons (Fsp3) is 0.308. The molecule has 94 valence electrons. The van der Waals surface area contributed by atoms with Crippen LogP contribution in [0.25, 0.3) is 0 Å². The zero-order valence-corrected chi connectivity index (χ0v) is 9.92. The van der Waals surface area contributed by atoms with E-state index in [1.54, 1.807) is 31.2 Å². The summed E-state index contributed by atoms with van der Waals surface area (Å²) < 4.78 is 0. The Kier molecular flexibility index (Phi) is 3.14. The number of carbonyl (C=O) groups excluding carboxylic acids is 2. The van der Waals surface area contributed by atoms with E-state index < -0.39 is 23.8 Å². The van der Waals surface area contributed by atoms with Gasteiger partial charge < -0.3 is 5.11 Å². The lowest BCUT2D eigenvalue weighted by atomic mass is 10.1. The van der Waals surface area contributed by atoms with Crippen LogP contribution in [-0.2, 0) is 4.79 Å². The number of imide groups is 1. The highest BCUT2D eigenvalue weighted by molar-refractivity contribution is 6.21. The Morgan fingerprint density at radius 1 is 1.22 bits per heavy atom. The lowest BCUT2D eigenvalue weighted by molar-refractivity contribution is -0.137. The Morgan fingerprint density at radius 2 is 1.72 bits per heavy atom. The van der Waals surface area contributed by atoms with Crippen LogP contribution >= 0.6 is 0 Å². The molecule has 1 N–H and O–H groups in total. The maximum Gasteiger partial charge on any atom is 0.305 e. The molecule has 1 aliphatic heterocycles. The summed E-state index contributed by atoms with van der Waals surface area (Å²) in [5.41, 5.74) is 0.706. The molecule has 1 aliphatic rings. The topological polar surface area (TPSA) is 74.7 Å². The van der Waals surface area contributed by atoms with E-state index in [0.29, 0.717) is 17.5 Å². The van der Waals surface area contributed by atoms with Crippen LogP contribution < -0.4 is 0 Å². The average molecular weight is 247 g/mol. The SMILES string of the molecule is CCC(CC(=O)O)N1C(=O)c2ccccc2C1=O. The first-order valence-corrected chi connectivity index (χ1v) is 5.75. The second-order valence-corrected chi connectivity index (χ2v) is 4.19. The summed E-state index contributed by atoms with van der Waals surface area (Å²) in [5.74, 6) is -1.81. The fourth-order valence-corrected chi connectivity index (χ4v) is 2.16. The largest absolute Gasteiger partial charge is 0.481 e. The highest BCUT2D eigenvalue weighted by Crippen LogP contribution is 2.26. The van der Waals surface area contributed by atoms with Crippen molar-refractivity contribution < 1.29 is 19.5 Å². The summed E-state index contributed by atoms with van der Waals surface area (Å²) in [7, 11) is 0. The minimum Gasteiger partial charge on any atom is -0.481 e. The first-order chi connectivity index (χ1) is 8.56. The van der Waals surface area contributed by atoms with E-state index in [-0.39, 0.29) is 6.42 Å². The Labute approximate surface area is 104 Å². The van der Waals surface area contributed by atoms with Crippen molar-refractivity contribution in [2.24, 2.45) is 0 Å². The van der Waals surface area contributed by atoms with Crippen molar-refractivity contribution in [3.05, 3.63) is 35.4 Å². The minimum atomic E-state index is -1.02. The molecule has 0 aliphatic carbocycles. The van der Waals surface area contributed by atoms with Crippen molar-refractivity contribution in [3.63, 3.8) is 0 Å². The second-order valence-electron chi connectivity index (χ2n) is 4.19. The highest BCUT2D eigenvalue weighted by Gasteiger charge is 2.39. The van der Waals surface area contributed by atoms with Crippen molar-refractivity contribution in [3.8, 4) is 0 Å². The monoisotopic (exact) mass is 247 g/mol. The number of hydrogen-bond donors (Lipinski definition) is 1. The zero-order valence-electron chi connectivity index (χ0n) is 9.92. The van der Waals surface area contributed by atoms with Gasteiger partial charge in [0.25, 0.3) is 11.8 Å². The molecular formula is C13H13NO4. The first-order valence-electron chi connectivity index (χ1n) is 5.75. The maximum absolute atomic E-state index is 12.1. The quantitative estimate of drug-likeness (QED) is 0.819. The summed E-state index contributed by atoms with van der Waals surface area (Å²) >= 11 is 0. The molecule has 0 spiro atoms. The molecule has 2 amide bonds. The zero-order chi connectivity index (χ0) is 13.3. The van der Waals surface area contributed by atoms with E-state index >= 15 is 0 Å². The number of rotatable bonds is 4. The van der Waals surface area contributed by atoms with Crippen LogP contribution in [0.1, 0.15) is 40.5 Å². The van der Waals surface area contributed by atoms with Gasteiger partial charge in [0.1, 0.15) is 0 Å². The van der Waals surface area contributed by atoms with E-state index in [0.717, 1.165) is 4.90 Å². The van der Waals surface area contributed by atoms with Gasteiger partial charge in [0.15, 0.2) is 0 Å². The van der Waals surface area contributed by atoms with Crippen LogP contribution in [0.3, 0.4) is 0 Å². The molecule has 5 heteroatoms. The number of carbonyl (C=O) groups is 3. The Morgan fingerprint density at radius 3 is 2.11 bits per heavy atom. The first kappa shape index (κ1) is 12.3. The van der Waals surface area contributed by atoms with E-state index in [4.69, 9.17) is 5.11 Å². The van der Waals surface area contributed by atoms with Gasteiger partial charge in [-0.25, -0.2) is 0 Å². The molecule has 2 rings (SSSR count). The van der Waals surface area contributed by atoms with Gasteiger partial charge in [-0.2, -0.15) is 0 Å². The van der Waals surface area contributed by atoms with Crippen LogP contribution in [0.5, 0.6) is 0 Å². The number of aliphatic carboxylic acids is 1. The van der Waals surface area contributed by atoms with Gasteiger partial charge in [-0.15, -0.1) is 0 Å². The molecule has 0 aromatic heterocycles. The van der Waals surface area contributed by atoms with Crippen LogP contribution in [0.2, 0.25) is 0 Å². The van der Waals surface area contributed by atoms with Crippen molar-refractivity contribution in [1.29, 1.82) is 0 Å². The van der Waals surface area contributed by atoms with Crippen molar-refractivity contribution in [2.45, 2.75) is 25.8 Å². The number of carboxylic acids is 1. The molecule has 1 atom stereocenters. The van der Waals surface area contributed by atoms with Crippen LogP contribution in [-0.4, -0.2) is 33.8 Å². The predicted molar refractivity (Wildman–Crippen MR) is 63.3 cm³/mol. The summed E-state index contributed by atoms with van der Waals surface area (Å²) in [6.07, 6.45) is 0.208. The molecule has 1 unspecified atom stereocenters. The third-order valence-corrected chi connectivity index (χ3v) is 3.07. The van der Waals surface area contributed by atoms with Crippen molar-refractivity contribution in [1.82, 2.24) is 4.90 Å². The van der Waals surface area contributed by atoms with Gasteiger partial charge in [-0.1, -0.05) is 19.1 Å². The van der Waals surface area contributed by atoms with Gasteiger partial charge in [0, 0.05) is 0 Å². The number of hydrogen-bond acceptors (Lipinski definition) is 3. The van der Waals surface area contributed by atoms with Crippen LogP contribution in [0.4, 0.5) is 0 Å². The summed E-state index contributed by atoms with van der Waals surface area (Å²) in [4.78, 5) is 36.0. The van der Waals surface area contributed by atoms with Gasteiger partial charge in [0.2, 0.25) is 0 Å². The van der Waals surface area contributed by atoms with Crippen molar-refractivity contribution in [2.75, 3.05) is 0 Å². The molecule has 18 heavy (non-hydrogen) atoms. The molecule has 5 nitrogen and oxygen atoms in total. The third kappa shape index (κ3) is 1.88. The fourth-order valence-electron chi connectivity index (χ4n) is 2.16. The summed E-state index contributed by atoms with van der Waals surface area (Å²) in [6.45, 7) is 1.76. The lowest BCUT2D eigenvalue weighted by Gasteiger charge is -2.23. The van der Waals surface area contributed by atoms with E-state index in [2.05, 4.69) is 0 Å². The minimum absolute atomic E-state index is 0.220. The van der Waals surface area contributed by atoms with E-state index in [1.165, 1.54) is 0 Å². The lowest BCUT2D eigenvalue weighted by Crippen LogP contribution is -2.40. The normalized spacial score (nSPS) is 15.7. The molecule has 1 aromatic carbocycles.